The Morgan fingerprint density at radius 1 is 1.35 bits per heavy atom. The van der Waals surface area contributed by atoms with Crippen molar-refractivity contribution < 1.29 is 4.39 Å². The Morgan fingerprint density at radius 3 is 2.65 bits per heavy atom. The van der Waals surface area contributed by atoms with E-state index in [0.717, 1.165) is 18.7 Å². The Morgan fingerprint density at radius 2 is 2.05 bits per heavy atom. The van der Waals surface area contributed by atoms with Crippen LogP contribution in [0, 0.1) is 11.2 Å². The van der Waals surface area contributed by atoms with E-state index in [1.54, 1.807) is 12.1 Å². The zero-order valence-corrected chi connectivity index (χ0v) is 13.3. The van der Waals surface area contributed by atoms with Gasteiger partial charge in [0.25, 0.3) is 0 Å². The molecule has 0 aliphatic carbocycles. The summed E-state index contributed by atoms with van der Waals surface area (Å²) in [5.74, 6) is -0.149. The lowest BCUT2D eigenvalue weighted by molar-refractivity contribution is 0.0627. The molecule has 1 N–H and O–H groups in total. The van der Waals surface area contributed by atoms with Gasteiger partial charge in [0.05, 0.1) is 0 Å². The third-order valence-corrected chi connectivity index (χ3v) is 4.49. The minimum absolute atomic E-state index is 0.149. The number of benzene rings is 1. The number of piperazine rings is 1. The van der Waals surface area contributed by atoms with Crippen molar-refractivity contribution in [2.24, 2.45) is 5.41 Å². The lowest BCUT2D eigenvalue weighted by atomic mass is 9.84. The van der Waals surface area contributed by atoms with Crippen molar-refractivity contribution in [3.05, 3.63) is 35.6 Å². The number of hydrogen-bond acceptors (Lipinski definition) is 2. The molecule has 0 bridgehead atoms. The summed E-state index contributed by atoms with van der Waals surface area (Å²) in [5.41, 5.74) is 1.30. The lowest BCUT2D eigenvalue weighted by Crippen LogP contribution is -2.59. The molecule has 3 unspecified atom stereocenters. The van der Waals surface area contributed by atoms with Crippen LogP contribution in [0.15, 0.2) is 24.3 Å². The number of halogens is 1. The monoisotopic (exact) mass is 278 g/mol. The smallest absolute Gasteiger partial charge is 0.123 e. The van der Waals surface area contributed by atoms with E-state index in [2.05, 4.69) is 44.8 Å². The molecule has 1 aliphatic rings. The maximum Gasteiger partial charge on any atom is 0.123 e. The second kappa shape index (κ2) is 5.82. The molecule has 0 radical (unpaired) electrons. The second-order valence-corrected chi connectivity index (χ2v) is 7.10. The van der Waals surface area contributed by atoms with Crippen LogP contribution in [0.5, 0.6) is 0 Å². The van der Waals surface area contributed by atoms with Crippen LogP contribution < -0.4 is 5.32 Å². The van der Waals surface area contributed by atoms with E-state index in [1.165, 1.54) is 6.07 Å². The predicted octanol–water partition coefficient (Wildman–Crippen LogP) is 3.60. The van der Waals surface area contributed by atoms with E-state index in [1.807, 2.05) is 6.07 Å². The van der Waals surface area contributed by atoms with Crippen molar-refractivity contribution in [1.82, 2.24) is 10.2 Å². The van der Waals surface area contributed by atoms with Gasteiger partial charge in [-0.15, -0.1) is 0 Å². The average Bonchev–Trinajstić information content (AvgIpc) is 2.37. The topological polar surface area (TPSA) is 15.3 Å². The van der Waals surface area contributed by atoms with Gasteiger partial charge in [-0.05, 0) is 37.0 Å². The molecule has 0 aromatic heterocycles. The Labute approximate surface area is 122 Å². The second-order valence-electron chi connectivity index (χ2n) is 7.10. The molecule has 0 amide bonds. The molecule has 1 heterocycles. The highest BCUT2D eigenvalue weighted by atomic mass is 19.1. The average molecular weight is 278 g/mol. The van der Waals surface area contributed by atoms with E-state index >= 15 is 0 Å². The molecule has 2 nitrogen and oxygen atoms in total. The third-order valence-electron chi connectivity index (χ3n) is 4.49. The number of hydrogen-bond donors (Lipinski definition) is 1. The van der Waals surface area contributed by atoms with Crippen LogP contribution in [0.2, 0.25) is 0 Å². The van der Waals surface area contributed by atoms with Crippen molar-refractivity contribution >= 4 is 0 Å². The molecule has 1 aliphatic heterocycles. The maximum atomic E-state index is 13.4. The largest absolute Gasteiger partial charge is 0.311 e. The van der Waals surface area contributed by atoms with E-state index in [9.17, 15) is 4.39 Å². The summed E-state index contributed by atoms with van der Waals surface area (Å²) in [4.78, 5) is 2.49. The summed E-state index contributed by atoms with van der Waals surface area (Å²) in [6.07, 6.45) is 0. The summed E-state index contributed by atoms with van der Waals surface area (Å²) in [7, 11) is 0. The van der Waals surface area contributed by atoms with Gasteiger partial charge in [0.1, 0.15) is 5.82 Å². The van der Waals surface area contributed by atoms with Crippen LogP contribution in [0.1, 0.15) is 46.2 Å². The van der Waals surface area contributed by atoms with Crippen molar-refractivity contribution in [2.45, 2.75) is 52.7 Å². The van der Waals surface area contributed by atoms with E-state index in [4.69, 9.17) is 0 Å². The van der Waals surface area contributed by atoms with Crippen molar-refractivity contribution in [3.63, 3.8) is 0 Å². The van der Waals surface area contributed by atoms with Gasteiger partial charge in [0, 0.05) is 31.2 Å². The van der Waals surface area contributed by atoms with Crippen LogP contribution in [-0.2, 0) is 0 Å². The lowest BCUT2D eigenvalue weighted by Gasteiger charge is -2.46. The highest BCUT2D eigenvalue weighted by Crippen LogP contribution is 2.29. The van der Waals surface area contributed by atoms with Gasteiger partial charge in [-0.25, -0.2) is 4.39 Å². The summed E-state index contributed by atoms with van der Waals surface area (Å²) in [6.45, 7) is 13.2. The summed E-state index contributed by atoms with van der Waals surface area (Å²) in [5, 5.41) is 3.64. The standard InChI is InChI=1S/C17H27FN2/c1-12-10-19-16(17(3,4)5)11-20(12)13(2)14-7-6-8-15(18)9-14/h6-9,12-13,16,19H,10-11H2,1-5H3. The first-order valence-electron chi connectivity index (χ1n) is 7.53. The van der Waals surface area contributed by atoms with Crippen LogP contribution in [-0.4, -0.2) is 30.1 Å². The summed E-state index contributed by atoms with van der Waals surface area (Å²) >= 11 is 0. The molecule has 1 saturated heterocycles. The fourth-order valence-corrected chi connectivity index (χ4v) is 2.96. The first-order chi connectivity index (χ1) is 9.29. The highest BCUT2D eigenvalue weighted by molar-refractivity contribution is 5.20. The fraction of sp³-hybridized carbons (Fsp3) is 0.647. The van der Waals surface area contributed by atoms with Crippen LogP contribution in [0.25, 0.3) is 0 Å². The molecule has 3 atom stereocenters. The van der Waals surface area contributed by atoms with Gasteiger partial charge in [0.15, 0.2) is 0 Å². The quantitative estimate of drug-likeness (QED) is 0.889. The summed E-state index contributed by atoms with van der Waals surface area (Å²) in [6, 6.07) is 8.17. The fourth-order valence-electron chi connectivity index (χ4n) is 2.96. The van der Waals surface area contributed by atoms with Gasteiger partial charge in [-0.3, -0.25) is 4.90 Å². The van der Waals surface area contributed by atoms with E-state index < -0.39 is 0 Å². The Bertz CT molecular complexity index is 453. The van der Waals surface area contributed by atoms with E-state index in [0.29, 0.717) is 12.1 Å². The Hall–Kier alpha value is -0.930. The third kappa shape index (κ3) is 3.39. The molecule has 20 heavy (non-hydrogen) atoms. The van der Waals surface area contributed by atoms with E-state index in [-0.39, 0.29) is 17.3 Å². The predicted molar refractivity (Wildman–Crippen MR) is 82.2 cm³/mol. The van der Waals surface area contributed by atoms with Crippen LogP contribution in [0.3, 0.4) is 0 Å². The highest BCUT2D eigenvalue weighted by Gasteiger charge is 2.34. The van der Waals surface area contributed by atoms with Crippen LogP contribution in [0.4, 0.5) is 4.39 Å². The molecule has 0 saturated carbocycles. The van der Waals surface area contributed by atoms with Gasteiger partial charge in [0.2, 0.25) is 0 Å². The normalized spacial score (nSPS) is 26.5. The zero-order valence-electron chi connectivity index (χ0n) is 13.3. The molecule has 1 aromatic carbocycles. The van der Waals surface area contributed by atoms with Crippen molar-refractivity contribution in [2.75, 3.05) is 13.1 Å². The summed E-state index contributed by atoms with van der Waals surface area (Å²) < 4.78 is 13.4. The maximum absolute atomic E-state index is 13.4. The SMILES string of the molecule is CC1CNC(C(C)(C)C)CN1C(C)c1cccc(F)c1. The molecular weight excluding hydrogens is 251 g/mol. The number of nitrogens with one attached hydrogen (secondary N) is 1. The first-order valence-corrected chi connectivity index (χ1v) is 7.53. The van der Waals surface area contributed by atoms with Gasteiger partial charge in [-0.1, -0.05) is 32.9 Å². The number of nitrogens with zero attached hydrogens (tertiary/aromatic N) is 1. The van der Waals surface area contributed by atoms with Crippen molar-refractivity contribution in [1.29, 1.82) is 0 Å². The Balaban J connectivity index is 2.17. The van der Waals surface area contributed by atoms with Gasteiger partial charge >= 0.3 is 0 Å². The molecule has 1 fully saturated rings. The first kappa shape index (κ1) is 15.5. The molecule has 1 aromatic rings. The minimum Gasteiger partial charge on any atom is -0.311 e. The van der Waals surface area contributed by atoms with Crippen molar-refractivity contribution in [3.8, 4) is 0 Å². The molecule has 0 spiro atoms. The minimum atomic E-state index is -0.149. The van der Waals surface area contributed by atoms with Gasteiger partial charge in [-0.2, -0.15) is 0 Å². The molecule has 112 valence electrons. The zero-order chi connectivity index (χ0) is 14.9. The number of rotatable bonds is 2. The molecular formula is C17H27FN2. The molecule has 2 rings (SSSR count). The van der Waals surface area contributed by atoms with Gasteiger partial charge < -0.3 is 5.32 Å². The molecule has 3 heteroatoms. The van der Waals surface area contributed by atoms with Crippen LogP contribution >= 0.6 is 0 Å². The Kier molecular flexibility index (Phi) is 4.50.